The number of amides is 1. The van der Waals surface area contributed by atoms with E-state index in [1.54, 1.807) is 14.2 Å². The van der Waals surface area contributed by atoms with Gasteiger partial charge >= 0.3 is 10.1 Å². The van der Waals surface area contributed by atoms with Crippen molar-refractivity contribution in [2.45, 2.75) is 36.4 Å². The fourth-order valence-electron chi connectivity index (χ4n) is 4.71. The van der Waals surface area contributed by atoms with Gasteiger partial charge in [0.1, 0.15) is 5.69 Å². The lowest BCUT2D eigenvalue weighted by Crippen LogP contribution is -2.52. The van der Waals surface area contributed by atoms with E-state index in [0.29, 0.717) is 42.7 Å². The maximum absolute atomic E-state index is 12.4. The number of methoxy groups -OCH3 is 2. The van der Waals surface area contributed by atoms with Crippen molar-refractivity contribution in [3.8, 4) is 11.5 Å². The lowest BCUT2D eigenvalue weighted by Gasteiger charge is -2.45. The van der Waals surface area contributed by atoms with Gasteiger partial charge in [0.2, 0.25) is 10.9 Å². The third-order valence-corrected chi connectivity index (χ3v) is 7.69. The molecule has 1 aliphatic rings. The molecule has 3 aromatic rings. The molecule has 0 bridgehead atoms. The van der Waals surface area contributed by atoms with Crippen molar-refractivity contribution in [2.75, 3.05) is 20.8 Å². The van der Waals surface area contributed by atoms with Gasteiger partial charge in [0.05, 0.1) is 37.9 Å². The SMILES string of the molecule is COc1cc2c(cc1OC)CN(C(CC(N)=O)(Cc1ccccc1)c1nsnc1S(=O)(=O)O)CC2.Cl. The quantitative estimate of drug-likeness (QED) is 0.381. The van der Waals surface area contributed by atoms with Crippen molar-refractivity contribution in [1.82, 2.24) is 13.6 Å². The summed E-state index contributed by atoms with van der Waals surface area (Å²) in [6, 6.07) is 13.1. The van der Waals surface area contributed by atoms with Gasteiger partial charge in [0.25, 0.3) is 0 Å². The van der Waals surface area contributed by atoms with E-state index in [2.05, 4.69) is 8.75 Å². The first-order valence-corrected chi connectivity index (χ1v) is 13.0. The van der Waals surface area contributed by atoms with Gasteiger partial charge in [-0.1, -0.05) is 30.3 Å². The summed E-state index contributed by atoms with van der Waals surface area (Å²) >= 11 is 0.664. The highest BCUT2D eigenvalue weighted by atomic mass is 35.5. The lowest BCUT2D eigenvalue weighted by atomic mass is 9.80. The number of nitrogens with zero attached hydrogens (tertiary/aromatic N) is 3. The van der Waals surface area contributed by atoms with E-state index in [1.165, 1.54) is 0 Å². The summed E-state index contributed by atoms with van der Waals surface area (Å²) in [6.45, 7) is 0.837. The summed E-state index contributed by atoms with van der Waals surface area (Å²) in [5, 5.41) is -0.558. The molecule has 1 aromatic heterocycles. The molecule has 1 amide bonds. The number of carbonyl (C=O) groups is 1. The monoisotopic (exact) mass is 554 g/mol. The van der Waals surface area contributed by atoms with Crippen molar-refractivity contribution in [3.05, 3.63) is 64.8 Å². The van der Waals surface area contributed by atoms with Crippen LogP contribution >= 0.6 is 24.1 Å². The molecule has 2 aromatic carbocycles. The minimum absolute atomic E-state index is 0. The standard InChI is InChI=1S/C23H26N4O6S2.ClH/c1-32-18-10-16-8-9-27(14-17(16)11-19(18)33-2)23(13-20(24)28,12-15-6-4-3-5-7-15)21-22(26-34-25-21)35(29,30)31;/h3-7,10-11H,8-9,12-14H2,1-2H3,(H2,24,28)(H,29,30,31);1H. The van der Waals surface area contributed by atoms with Crippen LogP contribution in [0.3, 0.4) is 0 Å². The van der Waals surface area contributed by atoms with Crippen LogP contribution < -0.4 is 15.2 Å². The Hall–Kier alpha value is -2.77. The van der Waals surface area contributed by atoms with Crippen molar-refractivity contribution in [3.63, 3.8) is 0 Å². The Kier molecular flexibility index (Phi) is 8.57. The van der Waals surface area contributed by atoms with Crippen LogP contribution in [0.5, 0.6) is 11.5 Å². The Morgan fingerprint density at radius 2 is 1.78 bits per heavy atom. The van der Waals surface area contributed by atoms with Crippen LogP contribution in [0.4, 0.5) is 0 Å². The number of carbonyl (C=O) groups excluding carboxylic acids is 1. The van der Waals surface area contributed by atoms with Crippen LogP contribution in [-0.2, 0) is 39.8 Å². The minimum Gasteiger partial charge on any atom is -0.493 e. The van der Waals surface area contributed by atoms with Crippen LogP contribution in [0, 0.1) is 0 Å². The zero-order valence-corrected chi connectivity index (χ0v) is 22.2. The second-order valence-corrected chi connectivity index (χ2v) is 10.2. The molecule has 2 heterocycles. The Morgan fingerprint density at radius 3 is 2.36 bits per heavy atom. The maximum atomic E-state index is 12.4. The third kappa shape index (κ3) is 5.47. The fraction of sp³-hybridized carbons (Fsp3) is 0.348. The normalized spacial score (nSPS) is 15.3. The number of hydrogen-bond donors (Lipinski definition) is 2. The molecule has 0 spiro atoms. The molecule has 36 heavy (non-hydrogen) atoms. The molecular weight excluding hydrogens is 528 g/mol. The Morgan fingerprint density at radius 1 is 1.14 bits per heavy atom. The molecule has 0 saturated heterocycles. The second-order valence-electron chi connectivity index (χ2n) is 8.38. The van der Waals surface area contributed by atoms with E-state index in [0.717, 1.165) is 16.7 Å². The molecule has 1 unspecified atom stereocenters. The van der Waals surface area contributed by atoms with Crippen LogP contribution in [0.1, 0.15) is 28.8 Å². The maximum Gasteiger partial charge on any atom is 0.315 e. The van der Waals surface area contributed by atoms with E-state index in [1.807, 2.05) is 47.4 Å². The highest BCUT2D eigenvalue weighted by Gasteiger charge is 2.47. The molecule has 0 radical (unpaired) electrons. The predicted molar refractivity (Wildman–Crippen MR) is 136 cm³/mol. The summed E-state index contributed by atoms with van der Waals surface area (Å²) in [6.07, 6.45) is 0.607. The van der Waals surface area contributed by atoms with Crippen molar-refractivity contribution in [1.29, 1.82) is 0 Å². The zero-order valence-electron chi connectivity index (χ0n) is 19.7. The fourth-order valence-corrected chi connectivity index (χ4v) is 6.26. The Labute approximate surface area is 219 Å². The second kappa shape index (κ2) is 11.1. The van der Waals surface area contributed by atoms with Gasteiger partial charge in [-0.05, 0) is 41.7 Å². The van der Waals surface area contributed by atoms with Gasteiger partial charge in [-0.3, -0.25) is 14.2 Å². The summed E-state index contributed by atoms with van der Waals surface area (Å²) in [5.74, 6) is 0.545. The molecule has 3 N–H and O–H groups in total. The van der Waals surface area contributed by atoms with Gasteiger partial charge in [0.15, 0.2) is 11.5 Å². The smallest absolute Gasteiger partial charge is 0.315 e. The highest BCUT2D eigenvalue weighted by Crippen LogP contribution is 2.42. The van der Waals surface area contributed by atoms with Gasteiger partial charge in [-0.15, -0.1) is 12.4 Å². The van der Waals surface area contributed by atoms with Crippen LogP contribution in [0.2, 0.25) is 0 Å². The molecule has 10 nitrogen and oxygen atoms in total. The van der Waals surface area contributed by atoms with Gasteiger partial charge in [-0.2, -0.15) is 17.2 Å². The van der Waals surface area contributed by atoms with Crippen LogP contribution in [0.15, 0.2) is 47.5 Å². The number of aromatic nitrogens is 2. The van der Waals surface area contributed by atoms with Crippen molar-refractivity contribution < 1.29 is 27.2 Å². The predicted octanol–water partition coefficient (Wildman–Crippen LogP) is 2.60. The summed E-state index contributed by atoms with van der Waals surface area (Å²) in [5.41, 5.74) is 7.31. The average molecular weight is 555 g/mol. The minimum atomic E-state index is -4.70. The van der Waals surface area contributed by atoms with Gasteiger partial charge in [0, 0.05) is 13.1 Å². The highest BCUT2D eigenvalue weighted by molar-refractivity contribution is 7.85. The summed E-state index contributed by atoms with van der Waals surface area (Å²) in [4.78, 5) is 14.4. The third-order valence-electron chi connectivity index (χ3n) is 6.27. The molecule has 13 heteroatoms. The Balaban J connectivity index is 0.00000361. The number of halogens is 1. The number of rotatable bonds is 9. The first kappa shape index (κ1) is 27.8. The molecule has 0 fully saturated rings. The molecule has 1 aliphatic heterocycles. The topological polar surface area (TPSA) is 145 Å². The largest absolute Gasteiger partial charge is 0.493 e. The first-order chi connectivity index (χ1) is 16.7. The summed E-state index contributed by atoms with van der Waals surface area (Å²) in [7, 11) is -1.57. The number of fused-ring (bicyclic) bond motifs is 1. The van der Waals surface area contributed by atoms with Gasteiger partial charge in [-0.25, -0.2) is 0 Å². The van der Waals surface area contributed by atoms with E-state index in [4.69, 9.17) is 15.2 Å². The molecule has 0 aliphatic carbocycles. The lowest BCUT2D eigenvalue weighted by molar-refractivity contribution is -0.121. The van der Waals surface area contributed by atoms with Crippen LogP contribution in [0.25, 0.3) is 0 Å². The van der Waals surface area contributed by atoms with E-state index >= 15 is 0 Å². The molecule has 0 saturated carbocycles. The van der Waals surface area contributed by atoms with E-state index < -0.39 is 26.6 Å². The van der Waals surface area contributed by atoms with Crippen LogP contribution in [-0.4, -0.2) is 53.3 Å². The molecular formula is C23H27ClN4O6S2. The van der Waals surface area contributed by atoms with E-state index in [9.17, 15) is 17.8 Å². The first-order valence-electron chi connectivity index (χ1n) is 10.8. The molecule has 1 atom stereocenters. The van der Waals surface area contributed by atoms with Crippen molar-refractivity contribution >= 4 is 40.2 Å². The zero-order chi connectivity index (χ0) is 25.2. The molecule has 4 rings (SSSR count). The van der Waals surface area contributed by atoms with Crippen molar-refractivity contribution in [2.24, 2.45) is 5.73 Å². The number of ether oxygens (including phenoxy) is 2. The number of nitrogens with two attached hydrogens (primary N) is 1. The number of primary amides is 1. The average Bonchev–Trinajstić information content (AvgIpc) is 3.34. The van der Waals surface area contributed by atoms with E-state index in [-0.39, 0.29) is 30.9 Å². The number of benzene rings is 2. The Bertz CT molecular complexity index is 1340. The molecule has 194 valence electrons. The number of hydrogen-bond acceptors (Lipinski definition) is 9. The van der Waals surface area contributed by atoms with Gasteiger partial charge < -0.3 is 15.2 Å². The summed E-state index contributed by atoms with van der Waals surface area (Å²) < 4.78 is 53.4.